The number of hydrogen-bond donors (Lipinski definition) is 1. The first-order chi connectivity index (χ1) is 13.6. The fourth-order valence-electron chi connectivity index (χ4n) is 2.65. The normalized spacial score (nSPS) is 10.5. The molecule has 28 heavy (non-hydrogen) atoms. The van der Waals surface area contributed by atoms with Crippen LogP contribution in [0.5, 0.6) is 0 Å². The predicted molar refractivity (Wildman–Crippen MR) is 112 cm³/mol. The van der Waals surface area contributed by atoms with Crippen molar-refractivity contribution < 1.29 is 14.0 Å². The molecule has 0 fully saturated rings. The molecule has 0 aliphatic carbocycles. The lowest BCUT2D eigenvalue weighted by Crippen LogP contribution is -2.37. The van der Waals surface area contributed by atoms with Gasteiger partial charge in [-0.2, -0.15) is 0 Å². The number of amides is 2. The Morgan fingerprint density at radius 3 is 2.57 bits per heavy atom. The third-order valence-corrected chi connectivity index (χ3v) is 5.06. The minimum atomic E-state index is -0.333. The lowest BCUT2D eigenvalue weighted by atomic mass is 10.2. The Morgan fingerprint density at radius 2 is 1.89 bits per heavy atom. The van der Waals surface area contributed by atoms with E-state index >= 15 is 0 Å². The van der Waals surface area contributed by atoms with E-state index in [1.807, 2.05) is 30.5 Å². The Balaban J connectivity index is 1.82. The fourth-order valence-corrected chi connectivity index (χ4v) is 3.29. The highest BCUT2D eigenvalue weighted by molar-refractivity contribution is 7.98. The van der Waals surface area contributed by atoms with Crippen LogP contribution >= 0.6 is 23.4 Å². The number of hydrogen-bond acceptors (Lipinski definition) is 4. The first-order valence-electron chi connectivity index (χ1n) is 8.57. The van der Waals surface area contributed by atoms with Gasteiger partial charge in [0.25, 0.3) is 5.91 Å². The van der Waals surface area contributed by atoms with Crippen molar-refractivity contribution in [3.63, 3.8) is 0 Å². The van der Waals surface area contributed by atoms with Gasteiger partial charge in [-0.1, -0.05) is 29.8 Å². The van der Waals surface area contributed by atoms with Gasteiger partial charge in [-0.15, -0.1) is 11.8 Å². The van der Waals surface area contributed by atoms with E-state index in [0.29, 0.717) is 22.0 Å². The van der Waals surface area contributed by atoms with E-state index in [0.717, 1.165) is 4.90 Å². The quantitative estimate of drug-likeness (QED) is 0.556. The zero-order chi connectivity index (χ0) is 19.9. The van der Waals surface area contributed by atoms with Gasteiger partial charge >= 0.3 is 0 Å². The molecule has 0 saturated heterocycles. The topological polar surface area (TPSA) is 62.6 Å². The molecule has 1 heterocycles. The van der Waals surface area contributed by atoms with Crippen molar-refractivity contribution in [2.45, 2.75) is 11.4 Å². The number of nitrogens with one attached hydrogen (secondary N) is 1. The van der Waals surface area contributed by atoms with Crippen LogP contribution in [-0.2, 0) is 11.3 Å². The van der Waals surface area contributed by atoms with Gasteiger partial charge in [-0.05, 0) is 48.7 Å². The van der Waals surface area contributed by atoms with Crippen molar-refractivity contribution in [3.8, 4) is 0 Å². The Bertz CT molecular complexity index is 946. The summed E-state index contributed by atoms with van der Waals surface area (Å²) in [5, 5.41) is 3.14. The van der Waals surface area contributed by atoms with Crippen molar-refractivity contribution in [2.75, 3.05) is 18.1 Å². The maximum Gasteiger partial charge on any atom is 0.256 e. The van der Waals surface area contributed by atoms with Crippen LogP contribution in [0.15, 0.2) is 76.2 Å². The van der Waals surface area contributed by atoms with E-state index in [4.69, 9.17) is 16.0 Å². The van der Waals surface area contributed by atoms with Gasteiger partial charge in [-0.25, -0.2) is 0 Å². The molecule has 0 radical (unpaired) electrons. The van der Waals surface area contributed by atoms with Crippen molar-refractivity contribution >= 4 is 40.9 Å². The number of rotatable bonds is 7. The van der Waals surface area contributed by atoms with Crippen LogP contribution in [0.3, 0.4) is 0 Å². The van der Waals surface area contributed by atoms with Gasteiger partial charge in [-0.3, -0.25) is 9.59 Å². The van der Waals surface area contributed by atoms with Crippen molar-refractivity contribution in [3.05, 3.63) is 83.3 Å². The molecule has 0 saturated carbocycles. The second-order valence-corrected chi connectivity index (χ2v) is 7.29. The molecular weight excluding hydrogens is 396 g/mol. The molecule has 0 spiro atoms. The number of anilines is 1. The van der Waals surface area contributed by atoms with Crippen LogP contribution in [0.1, 0.15) is 16.1 Å². The van der Waals surface area contributed by atoms with Gasteiger partial charge in [0, 0.05) is 10.6 Å². The van der Waals surface area contributed by atoms with Crippen LogP contribution in [0, 0.1) is 0 Å². The molecule has 144 valence electrons. The van der Waals surface area contributed by atoms with E-state index in [1.165, 1.54) is 22.9 Å². The summed E-state index contributed by atoms with van der Waals surface area (Å²) in [7, 11) is 0. The third-order valence-electron chi connectivity index (χ3n) is 4.01. The van der Waals surface area contributed by atoms with Crippen LogP contribution in [0.2, 0.25) is 5.02 Å². The molecular formula is C21H19ClN2O3S. The molecule has 3 aromatic rings. The van der Waals surface area contributed by atoms with Crippen molar-refractivity contribution in [2.24, 2.45) is 0 Å². The van der Waals surface area contributed by atoms with Crippen molar-refractivity contribution in [1.82, 2.24) is 4.90 Å². The summed E-state index contributed by atoms with van der Waals surface area (Å²) in [6, 6.07) is 17.9. The second kappa shape index (κ2) is 9.48. The molecule has 7 heteroatoms. The van der Waals surface area contributed by atoms with Crippen LogP contribution in [0.4, 0.5) is 5.69 Å². The summed E-state index contributed by atoms with van der Waals surface area (Å²) in [6.07, 6.45) is 3.45. The molecule has 0 atom stereocenters. The van der Waals surface area contributed by atoms with E-state index < -0.39 is 0 Å². The zero-order valence-corrected chi connectivity index (χ0v) is 16.8. The van der Waals surface area contributed by atoms with Gasteiger partial charge in [0.1, 0.15) is 12.3 Å². The predicted octanol–water partition coefficient (Wildman–Crippen LogP) is 4.94. The zero-order valence-electron chi connectivity index (χ0n) is 15.2. The summed E-state index contributed by atoms with van der Waals surface area (Å²) in [5.41, 5.74) is 1.02. The molecule has 0 aliphatic heterocycles. The molecule has 1 N–H and O–H groups in total. The van der Waals surface area contributed by atoms with Gasteiger partial charge in [0.15, 0.2) is 0 Å². The van der Waals surface area contributed by atoms with Crippen molar-refractivity contribution in [1.29, 1.82) is 0 Å². The molecule has 0 aliphatic rings. The molecule has 5 nitrogen and oxygen atoms in total. The first-order valence-corrected chi connectivity index (χ1v) is 10.2. The number of benzene rings is 2. The average molecular weight is 415 g/mol. The first kappa shape index (κ1) is 20.0. The summed E-state index contributed by atoms with van der Waals surface area (Å²) >= 11 is 7.77. The molecule has 0 unspecified atom stereocenters. The van der Waals surface area contributed by atoms with Crippen LogP contribution in [0.25, 0.3) is 0 Å². The largest absolute Gasteiger partial charge is 0.467 e. The SMILES string of the molecule is CSc1ccc(Cl)c(C(=O)N(CC(=O)Nc2ccccc2)Cc2ccco2)c1. The molecule has 2 amide bonds. The molecule has 0 bridgehead atoms. The highest BCUT2D eigenvalue weighted by atomic mass is 35.5. The number of furan rings is 1. The Hall–Kier alpha value is -2.70. The second-order valence-electron chi connectivity index (χ2n) is 6.00. The number of thioether (sulfide) groups is 1. The molecule has 1 aromatic heterocycles. The van der Waals surface area contributed by atoms with E-state index in [-0.39, 0.29) is 24.9 Å². The lowest BCUT2D eigenvalue weighted by molar-refractivity contribution is -0.117. The highest BCUT2D eigenvalue weighted by Gasteiger charge is 2.22. The number of para-hydroxylation sites is 1. The Morgan fingerprint density at radius 1 is 1.11 bits per heavy atom. The average Bonchev–Trinajstić information content (AvgIpc) is 3.21. The Kier molecular flexibility index (Phi) is 6.79. The van der Waals surface area contributed by atoms with Gasteiger partial charge in [0.05, 0.1) is 23.4 Å². The van der Waals surface area contributed by atoms with E-state index in [1.54, 1.807) is 36.4 Å². The van der Waals surface area contributed by atoms with E-state index in [2.05, 4.69) is 5.32 Å². The number of nitrogens with zero attached hydrogens (tertiary/aromatic N) is 1. The lowest BCUT2D eigenvalue weighted by Gasteiger charge is -2.22. The third kappa shape index (κ3) is 5.18. The van der Waals surface area contributed by atoms with E-state index in [9.17, 15) is 9.59 Å². The molecule has 2 aromatic carbocycles. The standard InChI is InChI=1S/C21H19ClN2O3S/c1-28-17-9-10-19(22)18(12-17)21(26)24(13-16-8-5-11-27-16)14-20(25)23-15-6-3-2-4-7-15/h2-12H,13-14H2,1H3,(H,23,25). The monoisotopic (exact) mass is 414 g/mol. The van der Waals surface area contributed by atoms with Gasteiger partial charge in [0.2, 0.25) is 5.91 Å². The minimum Gasteiger partial charge on any atom is -0.467 e. The van der Waals surface area contributed by atoms with Gasteiger partial charge < -0.3 is 14.6 Å². The number of carbonyl (C=O) groups excluding carboxylic acids is 2. The smallest absolute Gasteiger partial charge is 0.256 e. The summed E-state index contributed by atoms with van der Waals surface area (Å²) < 4.78 is 5.36. The maximum absolute atomic E-state index is 13.2. The minimum absolute atomic E-state index is 0.131. The summed E-state index contributed by atoms with van der Waals surface area (Å²) in [5.74, 6) is -0.0539. The maximum atomic E-state index is 13.2. The number of carbonyl (C=O) groups is 2. The van der Waals surface area contributed by atoms with Crippen LogP contribution in [-0.4, -0.2) is 29.5 Å². The summed E-state index contributed by atoms with van der Waals surface area (Å²) in [4.78, 5) is 28.0. The number of halogens is 1. The Labute approximate surface area is 172 Å². The fraction of sp³-hybridized carbons (Fsp3) is 0.143. The molecule has 3 rings (SSSR count). The summed E-state index contributed by atoms with van der Waals surface area (Å²) in [6.45, 7) is 0.0299. The van der Waals surface area contributed by atoms with Crippen LogP contribution < -0.4 is 5.32 Å². The highest BCUT2D eigenvalue weighted by Crippen LogP contribution is 2.25.